The van der Waals surface area contributed by atoms with Gasteiger partial charge in [-0.25, -0.2) is 23.1 Å². The van der Waals surface area contributed by atoms with Crippen molar-refractivity contribution in [2.45, 2.75) is 31.4 Å². The number of alkyl halides is 5. The first kappa shape index (κ1) is 23.2. The Hall–Kier alpha value is -2.95. The molecule has 2 aliphatic heterocycles. The molecule has 1 unspecified atom stereocenters. The van der Waals surface area contributed by atoms with E-state index in [0.717, 1.165) is 6.07 Å². The van der Waals surface area contributed by atoms with Crippen LogP contribution in [0.3, 0.4) is 0 Å². The average Bonchev–Trinajstić information content (AvgIpc) is 3.17. The molecule has 33 heavy (non-hydrogen) atoms. The Labute approximate surface area is 185 Å². The van der Waals surface area contributed by atoms with Crippen LogP contribution in [0.1, 0.15) is 34.8 Å². The molecule has 176 valence electrons. The van der Waals surface area contributed by atoms with Gasteiger partial charge in [0, 0.05) is 42.8 Å². The number of aromatic nitrogens is 1. The van der Waals surface area contributed by atoms with E-state index in [4.69, 9.17) is 4.74 Å². The predicted molar refractivity (Wildman–Crippen MR) is 107 cm³/mol. The van der Waals surface area contributed by atoms with E-state index in [1.54, 1.807) is 0 Å². The Morgan fingerprint density at radius 1 is 1.21 bits per heavy atom. The van der Waals surface area contributed by atoms with Crippen molar-refractivity contribution in [3.8, 4) is 11.1 Å². The van der Waals surface area contributed by atoms with Gasteiger partial charge in [-0.05, 0) is 18.1 Å². The molecule has 0 radical (unpaired) electrons. The van der Waals surface area contributed by atoms with Crippen molar-refractivity contribution in [2.24, 2.45) is 4.99 Å². The van der Waals surface area contributed by atoms with Gasteiger partial charge in [0.05, 0.1) is 18.9 Å². The van der Waals surface area contributed by atoms with Crippen LogP contribution < -0.4 is 0 Å². The molecule has 1 aromatic carbocycles. The molecule has 1 saturated heterocycles. The Kier molecular flexibility index (Phi) is 6.42. The highest BCUT2D eigenvalue weighted by Gasteiger charge is 2.45. The van der Waals surface area contributed by atoms with Gasteiger partial charge in [-0.2, -0.15) is 13.2 Å². The molecule has 11 heteroatoms. The molecule has 0 N–H and O–H groups in total. The summed E-state index contributed by atoms with van der Waals surface area (Å²) in [5, 5.41) is 0. The van der Waals surface area contributed by atoms with E-state index in [2.05, 4.69) is 9.98 Å². The van der Waals surface area contributed by atoms with E-state index in [0.29, 0.717) is 26.3 Å². The van der Waals surface area contributed by atoms with E-state index >= 15 is 0 Å². The predicted octanol–water partition coefficient (Wildman–Crippen LogP) is 5.14. The third-order valence-corrected chi connectivity index (χ3v) is 5.62. The number of benzene rings is 1. The van der Waals surface area contributed by atoms with Crippen molar-refractivity contribution >= 4 is 17.3 Å². The molecular weight excluding hydrogens is 452 g/mol. The monoisotopic (exact) mass is 471 g/mol. The Bertz CT molecular complexity index is 1080. The highest BCUT2D eigenvalue weighted by Crippen LogP contribution is 2.47. The summed E-state index contributed by atoms with van der Waals surface area (Å²) in [6, 6.07) is 5.33. The number of hydrogen-bond donors (Lipinski definition) is 0. The van der Waals surface area contributed by atoms with Crippen molar-refractivity contribution in [3.63, 3.8) is 0 Å². The molecule has 0 spiro atoms. The van der Waals surface area contributed by atoms with Crippen LogP contribution in [-0.4, -0.2) is 60.4 Å². The van der Waals surface area contributed by atoms with Gasteiger partial charge in [-0.3, -0.25) is 4.79 Å². The number of aliphatic imine (C=N–C) groups is 1. The van der Waals surface area contributed by atoms with E-state index in [1.807, 2.05) is 0 Å². The summed E-state index contributed by atoms with van der Waals surface area (Å²) in [7, 11) is 0. The summed E-state index contributed by atoms with van der Waals surface area (Å²) in [4.78, 5) is 21.6. The van der Waals surface area contributed by atoms with Crippen LogP contribution in [0, 0.1) is 5.82 Å². The maximum atomic E-state index is 14.8. The number of ether oxygens (including phenoxy) is 1. The number of nitrogens with zero attached hydrogens (tertiary/aromatic N) is 3. The number of morpholine rings is 1. The molecular formula is C22H19F6N3O2. The molecule has 1 amide bonds. The number of rotatable bonds is 5. The van der Waals surface area contributed by atoms with Gasteiger partial charge in [0.25, 0.3) is 5.91 Å². The Morgan fingerprint density at radius 3 is 2.58 bits per heavy atom. The number of fused-ring (bicyclic) bond motifs is 1. The number of hydrogen-bond acceptors (Lipinski definition) is 4. The highest BCUT2D eigenvalue weighted by molar-refractivity contribution is 6.04. The molecule has 2 aromatic rings. The fourth-order valence-electron chi connectivity index (χ4n) is 4.05. The number of amides is 1. The number of carbonyl (C=O) groups is 1. The van der Waals surface area contributed by atoms with Crippen LogP contribution >= 0.6 is 0 Å². The van der Waals surface area contributed by atoms with Gasteiger partial charge in [0.15, 0.2) is 11.5 Å². The van der Waals surface area contributed by atoms with Gasteiger partial charge < -0.3 is 9.64 Å². The normalized spacial score (nSPS) is 18.5. The summed E-state index contributed by atoms with van der Waals surface area (Å²) >= 11 is 0. The van der Waals surface area contributed by atoms with Crippen LogP contribution in [0.5, 0.6) is 0 Å². The largest absolute Gasteiger partial charge is 0.430 e. The fourth-order valence-corrected chi connectivity index (χ4v) is 4.05. The van der Waals surface area contributed by atoms with Gasteiger partial charge in [-0.15, -0.1) is 0 Å². The van der Waals surface area contributed by atoms with Crippen LogP contribution in [0.4, 0.5) is 32.0 Å². The maximum Gasteiger partial charge on any atom is 0.430 e. The summed E-state index contributed by atoms with van der Waals surface area (Å²) in [6.07, 6.45) is -7.49. The Morgan fingerprint density at radius 2 is 1.94 bits per heavy atom. The molecule has 5 nitrogen and oxygen atoms in total. The molecule has 0 saturated carbocycles. The van der Waals surface area contributed by atoms with Gasteiger partial charge in [0.2, 0.25) is 6.43 Å². The zero-order chi connectivity index (χ0) is 23.8. The fraction of sp³-hybridized carbons (Fsp3) is 0.409. The second-order valence-corrected chi connectivity index (χ2v) is 7.72. The van der Waals surface area contributed by atoms with Crippen LogP contribution in [-0.2, 0) is 4.74 Å². The zero-order valence-corrected chi connectivity index (χ0v) is 17.2. The minimum Gasteiger partial charge on any atom is -0.378 e. The molecule has 2 aliphatic rings. The van der Waals surface area contributed by atoms with Crippen molar-refractivity contribution in [2.75, 3.05) is 26.3 Å². The SMILES string of the molecule is O=C(c1ncc(-c2cccc3c2N=C(C(F)(F)F)C3CCC(F)F)cc1F)N1CCOCC1. The lowest BCUT2D eigenvalue weighted by atomic mass is 9.89. The third-order valence-electron chi connectivity index (χ3n) is 5.62. The lowest BCUT2D eigenvalue weighted by Gasteiger charge is -2.26. The van der Waals surface area contributed by atoms with Gasteiger partial charge in [0.1, 0.15) is 5.71 Å². The van der Waals surface area contributed by atoms with E-state index in [-0.39, 0.29) is 22.4 Å². The first-order valence-corrected chi connectivity index (χ1v) is 10.3. The van der Waals surface area contributed by atoms with Crippen molar-refractivity contribution in [1.82, 2.24) is 9.88 Å². The number of carbonyl (C=O) groups excluding carboxylic acids is 1. The second-order valence-electron chi connectivity index (χ2n) is 7.72. The third kappa shape index (κ3) is 4.73. The lowest BCUT2D eigenvalue weighted by molar-refractivity contribution is -0.0613. The smallest absolute Gasteiger partial charge is 0.378 e. The molecule has 0 aliphatic carbocycles. The topological polar surface area (TPSA) is 54.8 Å². The molecule has 0 bridgehead atoms. The summed E-state index contributed by atoms with van der Waals surface area (Å²) < 4.78 is 86.1. The van der Waals surface area contributed by atoms with Crippen molar-refractivity contribution in [1.29, 1.82) is 0 Å². The average molecular weight is 471 g/mol. The number of para-hydroxylation sites is 1. The first-order valence-electron chi connectivity index (χ1n) is 10.3. The van der Waals surface area contributed by atoms with E-state index in [1.165, 1.54) is 29.3 Å². The molecule has 4 rings (SSSR count). The van der Waals surface area contributed by atoms with Crippen LogP contribution in [0.15, 0.2) is 35.5 Å². The minimum absolute atomic E-state index is 0.0578. The molecule has 1 atom stereocenters. The van der Waals surface area contributed by atoms with Crippen LogP contribution in [0.25, 0.3) is 11.1 Å². The lowest BCUT2D eigenvalue weighted by Crippen LogP contribution is -2.41. The van der Waals surface area contributed by atoms with Gasteiger partial charge in [-0.1, -0.05) is 18.2 Å². The summed E-state index contributed by atoms with van der Waals surface area (Å²) in [5.41, 5.74) is -1.17. The quantitative estimate of drug-likeness (QED) is 0.568. The second kappa shape index (κ2) is 9.12. The van der Waals surface area contributed by atoms with Gasteiger partial charge >= 0.3 is 6.18 Å². The zero-order valence-electron chi connectivity index (χ0n) is 17.2. The Balaban J connectivity index is 1.69. The van der Waals surface area contributed by atoms with Crippen molar-refractivity contribution in [3.05, 3.63) is 47.5 Å². The maximum absolute atomic E-state index is 14.8. The summed E-state index contributed by atoms with van der Waals surface area (Å²) in [6.45, 7) is 1.24. The summed E-state index contributed by atoms with van der Waals surface area (Å²) in [5.74, 6) is -2.87. The molecule has 3 heterocycles. The first-order chi connectivity index (χ1) is 15.7. The number of halogens is 6. The van der Waals surface area contributed by atoms with Crippen molar-refractivity contribution < 1.29 is 35.9 Å². The minimum atomic E-state index is -4.80. The standard InChI is InChI=1S/C22H19F6N3O2/c23-16-10-12(11-29-19(16)21(32)31-6-8-33-9-7-31)13-2-1-3-14-15(4-5-17(24)25)20(22(26,27)28)30-18(13)14/h1-3,10-11,15,17H,4-9H2. The van der Waals surface area contributed by atoms with E-state index < -0.39 is 54.5 Å². The van der Waals surface area contributed by atoms with Crippen LogP contribution in [0.2, 0.25) is 0 Å². The highest BCUT2D eigenvalue weighted by atomic mass is 19.4. The molecule has 1 aromatic heterocycles. The number of pyridine rings is 1. The molecule has 1 fully saturated rings. The van der Waals surface area contributed by atoms with E-state index in [9.17, 15) is 31.1 Å².